The number of primary amides is 1. The summed E-state index contributed by atoms with van der Waals surface area (Å²) < 4.78 is 37.7. The largest absolute Gasteiger partial charge is 0.416 e. The Bertz CT molecular complexity index is 709. The van der Waals surface area contributed by atoms with Crippen LogP contribution >= 0.6 is 0 Å². The summed E-state index contributed by atoms with van der Waals surface area (Å²) in [6.45, 7) is 1.50. The second-order valence-corrected chi connectivity index (χ2v) is 5.57. The third-order valence-electron chi connectivity index (χ3n) is 3.47. The number of amides is 1. The van der Waals surface area contributed by atoms with Crippen LogP contribution in [-0.4, -0.2) is 16.4 Å². The van der Waals surface area contributed by atoms with Gasteiger partial charge in [0.15, 0.2) is 0 Å². The summed E-state index contributed by atoms with van der Waals surface area (Å²) in [4.78, 5) is 15.4. The molecule has 0 unspecified atom stereocenters. The van der Waals surface area contributed by atoms with Crippen LogP contribution in [0.1, 0.15) is 18.2 Å². The third-order valence-corrected chi connectivity index (χ3v) is 3.47. The standard InChI is InChI=1S/C16H16F3N3O/c1-15(21,14(20)23)9-13-8-11(6-7-22-13)10-2-4-12(5-3-10)16(17,18)19/h2-8H,9,21H2,1H3,(H2,20,23)/t15-/m1/s1. The zero-order valence-corrected chi connectivity index (χ0v) is 12.4. The SMILES string of the molecule is C[C@@](N)(Cc1cc(-c2ccc(C(F)(F)F)cc2)ccn1)C(N)=O. The Morgan fingerprint density at radius 2 is 1.74 bits per heavy atom. The van der Waals surface area contributed by atoms with Crippen LogP contribution in [0.25, 0.3) is 11.1 Å². The smallest absolute Gasteiger partial charge is 0.368 e. The monoisotopic (exact) mass is 323 g/mol. The predicted molar refractivity (Wildman–Crippen MR) is 80.2 cm³/mol. The van der Waals surface area contributed by atoms with Crippen molar-refractivity contribution in [2.75, 3.05) is 0 Å². The number of hydrogen-bond donors (Lipinski definition) is 2. The van der Waals surface area contributed by atoms with Gasteiger partial charge < -0.3 is 11.5 Å². The van der Waals surface area contributed by atoms with E-state index >= 15 is 0 Å². The van der Waals surface area contributed by atoms with Crippen LogP contribution < -0.4 is 11.5 Å². The van der Waals surface area contributed by atoms with Crippen LogP contribution in [0, 0.1) is 0 Å². The zero-order chi connectivity index (χ0) is 17.3. The van der Waals surface area contributed by atoms with Gasteiger partial charge in [-0.2, -0.15) is 13.2 Å². The number of carbonyl (C=O) groups is 1. The van der Waals surface area contributed by atoms with Crippen molar-refractivity contribution in [2.45, 2.75) is 25.1 Å². The van der Waals surface area contributed by atoms with Gasteiger partial charge in [0.1, 0.15) is 0 Å². The summed E-state index contributed by atoms with van der Waals surface area (Å²) in [6, 6.07) is 8.16. The highest BCUT2D eigenvalue weighted by Crippen LogP contribution is 2.31. The van der Waals surface area contributed by atoms with Gasteiger partial charge in [-0.3, -0.25) is 9.78 Å². The van der Waals surface area contributed by atoms with E-state index in [-0.39, 0.29) is 6.42 Å². The van der Waals surface area contributed by atoms with Gasteiger partial charge in [-0.1, -0.05) is 12.1 Å². The first kappa shape index (κ1) is 17.0. The molecule has 2 rings (SSSR count). The molecule has 4 N–H and O–H groups in total. The van der Waals surface area contributed by atoms with E-state index in [4.69, 9.17) is 11.5 Å². The van der Waals surface area contributed by atoms with Gasteiger partial charge >= 0.3 is 6.18 Å². The minimum absolute atomic E-state index is 0.136. The van der Waals surface area contributed by atoms with E-state index in [9.17, 15) is 18.0 Å². The minimum Gasteiger partial charge on any atom is -0.368 e. The molecule has 4 nitrogen and oxygen atoms in total. The molecular weight excluding hydrogens is 307 g/mol. The fourth-order valence-electron chi connectivity index (χ4n) is 2.07. The number of pyridine rings is 1. The molecule has 1 aromatic carbocycles. The average molecular weight is 323 g/mol. The first-order valence-electron chi connectivity index (χ1n) is 6.81. The quantitative estimate of drug-likeness (QED) is 0.907. The van der Waals surface area contributed by atoms with E-state index in [1.807, 2.05) is 0 Å². The summed E-state index contributed by atoms with van der Waals surface area (Å²) in [6.07, 6.45) is -2.72. The molecule has 7 heteroatoms. The molecule has 122 valence electrons. The molecular formula is C16H16F3N3O. The van der Waals surface area contributed by atoms with Gasteiger partial charge in [0.2, 0.25) is 5.91 Å². The molecule has 0 bridgehead atoms. The van der Waals surface area contributed by atoms with Crippen molar-refractivity contribution in [3.05, 3.63) is 53.9 Å². The van der Waals surface area contributed by atoms with Gasteiger partial charge in [-0.05, 0) is 42.3 Å². The van der Waals surface area contributed by atoms with E-state index in [2.05, 4.69) is 4.98 Å². The Balaban J connectivity index is 2.28. The van der Waals surface area contributed by atoms with Gasteiger partial charge in [0, 0.05) is 18.3 Å². The summed E-state index contributed by atoms with van der Waals surface area (Å²) in [7, 11) is 0. The highest BCUT2D eigenvalue weighted by atomic mass is 19.4. The van der Waals surface area contributed by atoms with Crippen molar-refractivity contribution in [3.63, 3.8) is 0 Å². The molecule has 2 aromatic rings. The van der Waals surface area contributed by atoms with Crippen molar-refractivity contribution in [1.29, 1.82) is 0 Å². The van der Waals surface area contributed by atoms with Crippen molar-refractivity contribution in [3.8, 4) is 11.1 Å². The lowest BCUT2D eigenvalue weighted by Crippen LogP contribution is -2.51. The maximum Gasteiger partial charge on any atom is 0.416 e. The molecule has 0 saturated heterocycles. The van der Waals surface area contributed by atoms with Crippen LogP contribution in [0.5, 0.6) is 0 Å². The van der Waals surface area contributed by atoms with Gasteiger partial charge in [-0.25, -0.2) is 0 Å². The Hall–Kier alpha value is -2.41. The Kier molecular flexibility index (Phi) is 4.42. The number of nitrogens with two attached hydrogens (primary N) is 2. The number of nitrogens with zero attached hydrogens (tertiary/aromatic N) is 1. The molecule has 23 heavy (non-hydrogen) atoms. The van der Waals surface area contributed by atoms with E-state index in [0.717, 1.165) is 12.1 Å². The minimum atomic E-state index is -4.37. The van der Waals surface area contributed by atoms with Crippen molar-refractivity contribution >= 4 is 5.91 Å². The van der Waals surface area contributed by atoms with Crippen molar-refractivity contribution < 1.29 is 18.0 Å². The fourth-order valence-corrected chi connectivity index (χ4v) is 2.07. The van der Waals surface area contributed by atoms with Crippen LogP contribution in [0.15, 0.2) is 42.6 Å². The zero-order valence-electron chi connectivity index (χ0n) is 12.4. The number of benzene rings is 1. The molecule has 0 saturated carbocycles. The normalized spacial score (nSPS) is 14.3. The third kappa shape index (κ3) is 4.07. The maximum atomic E-state index is 12.6. The van der Waals surface area contributed by atoms with Crippen LogP contribution in [0.4, 0.5) is 13.2 Å². The lowest BCUT2D eigenvalue weighted by molar-refractivity contribution is -0.137. The summed E-state index contributed by atoms with van der Waals surface area (Å²) in [5, 5.41) is 0. The molecule has 1 atom stereocenters. The van der Waals surface area contributed by atoms with Crippen LogP contribution in [-0.2, 0) is 17.4 Å². The Labute approximate surface area is 131 Å². The van der Waals surface area contributed by atoms with Gasteiger partial charge in [-0.15, -0.1) is 0 Å². The lowest BCUT2D eigenvalue weighted by atomic mass is 9.94. The number of carbonyl (C=O) groups excluding carboxylic acids is 1. The van der Waals surface area contributed by atoms with E-state index < -0.39 is 23.2 Å². The summed E-state index contributed by atoms with van der Waals surface area (Å²) in [5.74, 6) is -0.653. The number of rotatable bonds is 4. The Morgan fingerprint density at radius 3 is 2.26 bits per heavy atom. The predicted octanol–water partition coefficient (Wildman–Crippen LogP) is 2.51. The van der Waals surface area contributed by atoms with Gasteiger partial charge in [0.25, 0.3) is 0 Å². The molecule has 1 aromatic heterocycles. The summed E-state index contributed by atoms with van der Waals surface area (Å²) >= 11 is 0. The van der Waals surface area contributed by atoms with Crippen molar-refractivity contribution in [2.24, 2.45) is 11.5 Å². The van der Waals surface area contributed by atoms with E-state index in [1.54, 1.807) is 12.1 Å². The molecule has 0 aliphatic rings. The first-order chi connectivity index (χ1) is 10.6. The summed E-state index contributed by atoms with van der Waals surface area (Å²) in [5.41, 5.74) is 10.9. The molecule has 1 amide bonds. The fraction of sp³-hybridized carbons (Fsp3) is 0.250. The second-order valence-electron chi connectivity index (χ2n) is 5.57. The van der Waals surface area contributed by atoms with Crippen LogP contribution in [0.3, 0.4) is 0 Å². The molecule has 0 spiro atoms. The number of alkyl halides is 3. The average Bonchev–Trinajstić information content (AvgIpc) is 2.46. The van der Waals surface area contributed by atoms with Crippen LogP contribution in [0.2, 0.25) is 0 Å². The molecule has 0 fully saturated rings. The Morgan fingerprint density at radius 1 is 1.13 bits per heavy atom. The topological polar surface area (TPSA) is 82.0 Å². The number of hydrogen-bond acceptors (Lipinski definition) is 3. The molecule has 0 aliphatic carbocycles. The molecule has 1 heterocycles. The van der Waals surface area contributed by atoms with E-state index in [0.29, 0.717) is 16.8 Å². The molecule has 0 radical (unpaired) electrons. The first-order valence-corrected chi connectivity index (χ1v) is 6.81. The van der Waals surface area contributed by atoms with Gasteiger partial charge in [0.05, 0.1) is 11.1 Å². The maximum absolute atomic E-state index is 12.6. The second kappa shape index (κ2) is 6.00. The molecule has 0 aliphatic heterocycles. The lowest BCUT2D eigenvalue weighted by Gasteiger charge is -2.20. The van der Waals surface area contributed by atoms with E-state index in [1.165, 1.54) is 25.3 Å². The highest BCUT2D eigenvalue weighted by molar-refractivity contribution is 5.84. The highest BCUT2D eigenvalue weighted by Gasteiger charge is 2.30. The number of aromatic nitrogens is 1. The number of halogens is 3. The van der Waals surface area contributed by atoms with Crippen molar-refractivity contribution in [1.82, 2.24) is 4.98 Å².